The van der Waals surface area contributed by atoms with Gasteiger partial charge in [-0.05, 0) is 17.5 Å². The fourth-order valence-electron chi connectivity index (χ4n) is 1.82. The van der Waals surface area contributed by atoms with Crippen LogP contribution >= 0.6 is 0 Å². The quantitative estimate of drug-likeness (QED) is 0.633. The minimum atomic E-state index is -0.0734. The van der Waals surface area contributed by atoms with Gasteiger partial charge < -0.3 is 9.67 Å². The molecule has 0 aliphatic carbocycles. The Morgan fingerprint density at radius 1 is 1.35 bits per heavy atom. The molecular formula is C14H13NO2. The van der Waals surface area contributed by atoms with E-state index in [9.17, 15) is 9.90 Å². The molecular weight excluding hydrogens is 214 g/mol. The Hall–Kier alpha value is -2.29. The van der Waals surface area contributed by atoms with Crippen molar-refractivity contribution in [2.75, 3.05) is 0 Å². The summed E-state index contributed by atoms with van der Waals surface area (Å²) >= 11 is 0. The normalized spacial score (nSPS) is 11.7. The summed E-state index contributed by atoms with van der Waals surface area (Å²) in [5, 5.41) is 11.2. The highest BCUT2D eigenvalue weighted by Gasteiger charge is 2.08. The summed E-state index contributed by atoms with van der Waals surface area (Å²) in [6.07, 6.45) is 4.64. The minimum Gasteiger partial charge on any atom is -0.507 e. The molecule has 2 aromatic rings. The zero-order valence-corrected chi connectivity index (χ0v) is 9.55. The molecule has 17 heavy (non-hydrogen) atoms. The molecule has 0 bridgehead atoms. The van der Waals surface area contributed by atoms with Gasteiger partial charge >= 0.3 is 0 Å². The van der Waals surface area contributed by atoms with Crippen molar-refractivity contribution in [3.63, 3.8) is 0 Å². The number of allylic oxidation sites excluding steroid dienone is 2. The van der Waals surface area contributed by atoms with Gasteiger partial charge in [-0.25, -0.2) is 0 Å². The molecule has 0 radical (unpaired) electrons. The number of hydrogen-bond acceptors (Lipinski definition) is 2. The average Bonchev–Trinajstić information content (AvgIpc) is 2.34. The van der Waals surface area contributed by atoms with Crippen molar-refractivity contribution in [1.29, 1.82) is 0 Å². The van der Waals surface area contributed by atoms with Crippen molar-refractivity contribution in [3.8, 4) is 0 Å². The molecule has 0 fully saturated rings. The Bertz CT molecular complexity index is 665. The van der Waals surface area contributed by atoms with E-state index >= 15 is 0 Å². The SMILES string of the molecule is C=C/C=C(\O)c1cn(C)c(=O)c2ccccc12. The first-order chi connectivity index (χ1) is 8.15. The van der Waals surface area contributed by atoms with Gasteiger partial charge in [-0.3, -0.25) is 4.79 Å². The monoisotopic (exact) mass is 227 g/mol. The second kappa shape index (κ2) is 4.29. The van der Waals surface area contributed by atoms with Crippen molar-refractivity contribution in [2.24, 2.45) is 7.05 Å². The second-order valence-electron chi connectivity index (χ2n) is 3.79. The molecule has 0 atom stereocenters. The van der Waals surface area contributed by atoms with Crippen LogP contribution in [-0.2, 0) is 7.05 Å². The topological polar surface area (TPSA) is 42.2 Å². The highest BCUT2D eigenvalue weighted by molar-refractivity contribution is 5.91. The molecule has 1 N–H and O–H groups in total. The van der Waals surface area contributed by atoms with E-state index in [0.29, 0.717) is 10.9 Å². The minimum absolute atomic E-state index is 0.0734. The Morgan fingerprint density at radius 2 is 2.00 bits per heavy atom. The summed E-state index contributed by atoms with van der Waals surface area (Å²) in [7, 11) is 1.67. The molecule has 0 amide bonds. The van der Waals surface area contributed by atoms with Gasteiger partial charge in [0.15, 0.2) is 0 Å². The summed E-state index contributed by atoms with van der Waals surface area (Å²) in [6, 6.07) is 7.22. The number of nitrogens with zero attached hydrogens (tertiary/aromatic N) is 1. The number of aliphatic hydroxyl groups excluding tert-OH is 1. The van der Waals surface area contributed by atoms with Crippen LogP contribution < -0.4 is 5.56 Å². The number of benzene rings is 1. The van der Waals surface area contributed by atoms with Gasteiger partial charge in [-0.2, -0.15) is 0 Å². The van der Waals surface area contributed by atoms with Crippen LogP contribution in [0.3, 0.4) is 0 Å². The van der Waals surface area contributed by atoms with Gasteiger partial charge in [-0.1, -0.05) is 30.9 Å². The van der Waals surface area contributed by atoms with E-state index in [1.807, 2.05) is 18.2 Å². The maximum atomic E-state index is 11.9. The number of fused-ring (bicyclic) bond motifs is 1. The highest BCUT2D eigenvalue weighted by Crippen LogP contribution is 2.20. The molecule has 3 heteroatoms. The molecule has 1 aromatic carbocycles. The predicted molar refractivity (Wildman–Crippen MR) is 70.0 cm³/mol. The number of aromatic nitrogens is 1. The van der Waals surface area contributed by atoms with E-state index in [1.54, 1.807) is 19.3 Å². The van der Waals surface area contributed by atoms with Gasteiger partial charge in [0, 0.05) is 24.2 Å². The zero-order valence-electron chi connectivity index (χ0n) is 9.55. The number of hydrogen-bond donors (Lipinski definition) is 1. The Morgan fingerprint density at radius 3 is 2.65 bits per heavy atom. The molecule has 86 valence electrons. The number of aliphatic hydroxyl groups is 1. The number of pyridine rings is 1. The lowest BCUT2D eigenvalue weighted by Crippen LogP contribution is -2.17. The summed E-state index contributed by atoms with van der Waals surface area (Å²) in [5.74, 6) is 0.104. The summed E-state index contributed by atoms with van der Waals surface area (Å²) < 4.78 is 1.46. The lowest BCUT2D eigenvalue weighted by Gasteiger charge is -2.08. The third-order valence-corrected chi connectivity index (χ3v) is 2.64. The van der Waals surface area contributed by atoms with Crippen molar-refractivity contribution < 1.29 is 5.11 Å². The van der Waals surface area contributed by atoms with E-state index < -0.39 is 0 Å². The van der Waals surface area contributed by atoms with Crippen molar-refractivity contribution in [1.82, 2.24) is 4.57 Å². The molecule has 0 saturated carbocycles. The summed E-state index contributed by atoms with van der Waals surface area (Å²) in [4.78, 5) is 11.9. The molecule has 1 aromatic heterocycles. The van der Waals surface area contributed by atoms with Crippen LogP contribution in [0, 0.1) is 0 Å². The van der Waals surface area contributed by atoms with Gasteiger partial charge in [0.2, 0.25) is 0 Å². The third kappa shape index (κ3) is 1.87. The first kappa shape index (κ1) is 11.2. The average molecular weight is 227 g/mol. The van der Waals surface area contributed by atoms with E-state index in [4.69, 9.17) is 0 Å². The maximum absolute atomic E-state index is 11.9. The van der Waals surface area contributed by atoms with E-state index in [1.165, 1.54) is 16.7 Å². The fourth-order valence-corrected chi connectivity index (χ4v) is 1.82. The lowest BCUT2D eigenvalue weighted by atomic mass is 10.1. The standard InChI is InChI=1S/C14H13NO2/c1-3-6-13(16)12-9-15(2)14(17)11-8-5-4-7-10(11)12/h3-9,16H,1H2,2H3/b13-6-. The first-order valence-electron chi connectivity index (χ1n) is 5.25. The van der Waals surface area contributed by atoms with Crippen LogP contribution in [0.4, 0.5) is 0 Å². The van der Waals surface area contributed by atoms with Gasteiger partial charge in [0.1, 0.15) is 5.76 Å². The van der Waals surface area contributed by atoms with E-state index in [-0.39, 0.29) is 11.3 Å². The van der Waals surface area contributed by atoms with E-state index in [2.05, 4.69) is 6.58 Å². The maximum Gasteiger partial charge on any atom is 0.258 e. The van der Waals surface area contributed by atoms with Gasteiger partial charge in [-0.15, -0.1) is 0 Å². The predicted octanol–water partition coefficient (Wildman–Crippen LogP) is 2.62. The van der Waals surface area contributed by atoms with Crippen LogP contribution in [0.1, 0.15) is 5.56 Å². The molecule has 2 rings (SSSR count). The van der Waals surface area contributed by atoms with E-state index in [0.717, 1.165) is 5.39 Å². The second-order valence-corrected chi connectivity index (χ2v) is 3.79. The largest absolute Gasteiger partial charge is 0.507 e. The number of aryl methyl sites for hydroxylation is 1. The van der Waals surface area contributed by atoms with Crippen LogP contribution in [-0.4, -0.2) is 9.67 Å². The first-order valence-corrected chi connectivity index (χ1v) is 5.25. The molecule has 0 unspecified atom stereocenters. The van der Waals surface area contributed by atoms with Crippen LogP contribution in [0.5, 0.6) is 0 Å². The van der Waals surface area contributed by atoms with Crippen molar-refractivity contribution >= 4 is 16.5 Å². The summed E-state index contributed by atoms with van der Waals surface area (Å²) in [6.45, 7) is 3.54. The van der Waals surface area contributed by atoms with Gasteiger partial charge in [0.25, 0.3) is 5.56 Å². The van der Waals surface area contributed by atoms with Crippen molar-refractivity contribution in [2.45, 2.75) is 0 Å². The molecule has 0 aliphatic rings. The molecule has 1 heterocycles. The molecule has 3 nitrogen and oxygen atoms in total. The smallest absolute Gasteiger partial charge is 0.258 e. The lowest BCUT2D eigenvalue weighted by molar-refractivity contribution is 0.512. The Labute approximate surface area is 98.9 Å². The van der Waals surface area contributed by atoms with Crippen molar-refractivity contribution in [3.05, 3.63) is 65.1 Å². The highest BCUT2D eigenvalue weighted by atomic mass is 16.3. The molecule has 0 aliphatic heterocycles. The molecule has 0 saturated heterocycles. The number of rotatable bonds is 2. The molecule has 0 spiro atoms. The Kier molecular flexibility index (Phi) is 2.83. The zero-order chi connectivity index (χ0) is 12.4. The Balaban J connectivity index is 2.90. The van der Waals surface area contributed by atoms with Gasteiger partial charge in [0.05, 0.1) is 0 Å². The fraction of sp³-hybridized carbons (Fsp3) is 0.0714. The van der Waals surface area contributed by atoms with Crippen LogP contribution in [0.2, 0.25) is 0 Å². The third-order valence-electron chi connectivity index (χ3n) is 2.64. The van der Waals surface area contributed by atoms with Crippen LogP contribution in [0.15, 0.2) is 54.0 Å². The van der Waals surface area contributed by atoms with Crippen LogP contribution in [0.25, 0.3) is 16.5 Å². The summed E-state index contributed by atoms with van der Waals surface area (Å²) in [5.41, 5.74) is 0.554.